The van der Waals surface area contributed by atoms with E-state index in [0.29, 0.717) is 22.1 Å². The molecule has 0 aliphatic rings. The molecule has 0 atom stereocenters. The maximum Gasteiger partial charge on any atom is 0.338 e. The number of halogens is 1. The maximum absolute atomic E-state index is 12.5. The third-order valence-electron chi connectivity index (χ3n) is 4.47. The number of carbonyl (C=O) groups is 2. The number of ether oxygens (including phenoxy) is 2. The van der Waals surface area contributed by atoms with Crippen molar-refractivity contribution in [2.45, 2.75) is 11.8 Å². The van der Waals surface area contributed by atoms with E-state index in [1.165, 1.54) is 37.4 Å². The summed E-state index contributed by atoms with van der Waals surface area (Å²) in [4.78, 5) is 24.4. The van der Waals surface area contributed by atoms with E-state index >= 15 is 0 Å². The van der Waals surface area contributed by atoms with Crippen LogP contribution in [-0.2, 0) is 19.6 Å². The zero-order valence-corrected chi connectivity index (χ0v) is 19.4. The van der Waals surface area contributed by atoms with E-state index in [4.69, 9.17) is 21.1 Å². The van der Waals surface area contributed by atoms with Crippen LogP contribution in [0.1, 0.15) is 15.9 Å². The third kappa shape index (κ3) is 6.47. The van der Waals surface area contributed by atoms with Crippen LogP contribution in [0.3, 0.4) is 0 Å². The molecule has 3 aromatic rings. The Morgan fingerprint density at radius 3 is 2.27 bits per heavy atom. The number of methoxy groups -OCH3 is 1. The normalized spacial score (nSPS) is 10.9. The summed E-state index contributed by atoms with van der Waals surface area (Å²) in [7, 11) is -2.38. The highest BCUT2D eigenvalue weighted by Gasteiger charge is 2.17. The molecule has 0 aromatic heterocycles. The van der Waals surface area contributed by atoms with Crippen LogP contribution in [0.4, 0.5) is 11.4 Å². The van der Waals surface area contributed by atoms with Gasteiger partial charge in [0.15, 0.2) is 6.61 Å². The van der Waals surface area contributed by atoms with Crippen LogP contribution in [0.5, 0.6) is 5.75 Å². The van der Waals surface area contributed by atoms with Gasteiger partial charge in [0.25, 0.3) is 15.9 Å². The Kier molecular flexibility index (Phi) is 7.57. The van der Waals surface area contributed by atoms with E-state index in [9.17, 15) is 18.0 Å². The van der Waals surface area contributed by atoms with Crippen LogP contribution in [0, 0.1) is 6.92 Å². The fraction of sp³-hybridized carbons (Fsp3) is 0.130. The monoisotopic (exact) mass is 488 g/mol. The summed E-state index contributed by atoms with van der Waals surface area (Å²) in [5, 5.41) is 2.95. The number of hydrogen-bond acceptors (Lipinski definition) is 6. The molecule has 3 aromatic carbocycles. The smallest absolute Gasteiger partial charge is 0.338 e. The molecule has 10 heteroatoms. The summed E-state index contributed by atoms with van der Waals surface area (Å²) in [6.45, 7) is 1.34. The number of aryl methyl sites for hydroxylation is 1. The van der Waals surface area contributed by atoms with Gasteiger partial charge in [0.2, 0.25) is 0 Å². The third-order valence-corrected chi connectivity index (χ3v) is 6.11. The molecule has 0 radical (unpaired) electrons. The Bertz CT molecular complexity index is 1260. The second kappa shape index (κ2) is 10.4. The first-order chi connectivity index (χ1) is 15.7. The largest absolute Gasteiger partial charge is 0.495 e. The van der Waals surface area contributed by atoms with Gasteiger partial charge in [0.05, 0.1) is 23.3 Å². The van der Waals surface area contributed by atoms with Gasteiger partial charge in [-0.15, -0.1) is 0 Å². The van der Waals surface area contributed by atoms with Crippen molar-refractivity contribution in [2.75, 3.05) is 23.8 Å². The van der Waals surface area contributed by atoms with Gasteiger partial charge in [-0.1, -0.05) is 29.3 Å². The highest BCUT2D eigenvalue weighted by atomic mass is 35.5. The number of sulfonamides is 1. The van der Waals surface area contributed by atoms with Crippen molar-refractivity contribution in [2.24, 2.45) is 0 Å². The van der Waals surface area contributed by atoms with Crippen molar-refractivity contribution >= 4 is 44.9 Å². The summed E-state index contributed by atoms with van der Waals surface area (Å²) in [5.41, 5.74) is 1.85. The van der Waals surface area contributed by atoms with E-state index in [-0.39, 0.29) is 10.5 Å². The van der Waals surface area contributed by atoms with Gasteiger partial charge in [-0.2, -0.15) is 0 Å². The Morgan fingerprint density at radius 2 is 1.64 bits per heavy atom. The van der Waals surface area contributed by atoms with Gasteiger partial charge in [0.1, 0.15) is 5.75 Å². The quantitative estimate of drug-likeness (QED) is 0.458. The molecule has 2 N–H and O–H groups in total. The second-order valence-electron chi connectivity index (χ2n) is 6.96. The number of nitrogens with one attached hydrogen (secondary N) is 2. The minimum Gasteiger partial charge on any atom is -0.495 e. The predicted octanol–water partition coefficient (Wildman–Crippen LogP) is 4.25. The molecule has 0 unspecified atom stereocenters. The van der Waals surface area contributed by atoms with Gasteiger partial charge in [-0.3, -0.25) is 9.52 Å². The van der Waals surface area contributed by atoms with Crippen LogP contribution >= 0.6 is 11.6 Å². The first-order valence-corrected chi connectivity index (χ1v) is 11.5. The summed E-state index contributed by atoms with van der Waals surface area (Å²) in [5.74, 6) is -0.973. The van der Waals surface area contributed by atoms with E-state index in [1.807, 2.05) is 6.92 Å². The van der Waals surface area contributed by atoms with Crippen LogP contribution < -0.4 is 14.8 Å². The topological polar surface area (TPSA) is 111 Å². The summed E-state index contributed by atoms with van der Waals surface area (Å²) < 4.78 is 37.7. The molecule has 0 heterocycles. The number of carbonyl (C=O) groups excluding carboxylic acids is 2. The van der Waals surface area contributed by atoms with Crippen LogP contribution in [0.15, 0.2) is 71.6 Å². The molecule has 172 valence electrons. The molecule has 3 rings (SSSR count). The Morgan fingerprint density at radius 1 is 0.970 bits per heavy atom. The fourth-order valence-corrected chi connectivity index (χ4v) is 4.02. The lowest BCUT2D eigenvalue weighted by molar-refractivity contribution is -0.119. The van der Waals surface area contributed by atoms with Crippen LogP contribution in [0.2, 0.25) is 5.02 Å². The molecule has 33 heavy (non-hydrogen) atoms. The first kappa shape index (κ1) is 24.1. The number of esters is 1. The lowest BCUT2D eigenvalue weighted by atomic mass is 10.2. The highest BCUT2D eigenvalue weighted by Crippen LogP contribution is 2.27. The number of hydrogen-bond donors (Lipinski definition) is 2. The maximum atomic E-state index is 12.5. The molecule has 0 spiro atoms. The zero-order chi connectivity index (χ0) is 24.0. The summed E-state index contributed by atoms with van der Waals surface area (Å²) in [6, 6.07) is 16.8. The van der Waals surface area contributed by atoms with Crippen molar-refractivity contribution in [1.29, 1.82) is 0 Å². The predicted molar refractivity (Wildman–Crippen MR) is 125 cm³/mol. The molecule has 8 nitrogen and oxygen atoms in total. The molecule has 0 fully saturated rings. The Hall–Kier alpha value is -3.56. The molecule has 0 saturated heterocycles. The molecule has 0 saturated carbocycles. The van der Waals surface area contributed by atoms with Gasteiger partial charge in [-0.05, 0) is 61.5 Å². The average Bonchev–Trinajstić information content (AvgIpc) is 2.79. The minimum atomic E-state index is -3.83. The average molecular weight is 489 g/mol. The molecule has 0 aliphatic carbocycles. The van der Waals surface area contributed by atoms with Gasteiger partial charge < -0.3 is 14.8 Å². The standard InChI is InChI=1S/C23H21ClN2O6S/c1-15-3-8-18(9-4-15)26-33(29,30)19-10-5-16(6-11-19)23(28)32-14-22(27)25-20-13-17(24)7-12-21(20)31-2/h3-13,26H,14H2,1-2H3,(H,25,27). The lowest BCUT2D eigenvalue weighted by Gasteiger charge is -2.11. The van der Waals surface area contributed by atoms with E-state index in [0.717, 1.165) is 5.56 Å². The molecular formula is C23H21ClN2O6S. The van der Waals surface area contributed by atoms with E-state index < -0.39 is 28.5 Å². The SMILES string of the molecule is COc1ccc(Cl)cc1NC(=O)COC(=O)c1ccc(S(=O)(=O)Nc2ccc(C)cc2)cc1. The van der Waals surface area contributed by atoms with Crippen molar-refractivity contribution in [3.63, 3.8) is 0 Å². The van der Waals surface area contributed by atoms with E-state index in [1.54, 1.807) is 36.4 Å². The van der Waals surface area contributed by atoms with Crippen molar-refractivity contribution in [3.05, 3.63) is 82.9 Å². The highest BCUT2D eigenvalue weighted by molar-refractivity contribution is 7.92. The van der Waals surface area contributed by atoms with Crippen molar-refractivity contribution < 1.29 is 27.5 Å². The zero-order valence-electron chi connectivity index (χ0n) is 17.8. The molecular weight excluding hydrogens is 468 g/mol. The van der Waals surface area contributed by atoms with Crippen molar-refractivity contribution in [1.82, 2.24) is 0 Å². The summed E-state index contributed by atoms with van der Waals surface area (Å²) in [6.07, 6.45) is 0. The van der Waals surface area contributed by atoms with Crippen LogP contribution in [0.25, 0.3) is 0 Å². The number of anilines is 2. The minimum absolute atomic E-state index is 0.0228. The first-order valence-electron chi connectivity index (χ1n) is 9.68. The number of benzene rings is 3. The number of rotatable bonds is 8. The molecule has 1 amide bonds. The fourth-order valence-electron chi connectivity index (χ4n) is 2.78. The van der Waals surface area contributed by atoms with Gasteiger partial charge in [-0.25, -0.2) is 13.2 Å². The Labute approximate surface area is 196 Å². The van der Waals surface area contributed by atoms with E-state index in [2.05, 4.69) is 10.0 Å². The van der Waals surface area contributed by atoms with Crippen LogP contribution in [-0.4, -0.2) is 34.0 Å². The summed E-state index contributed by atoms with van der Waals surface area (Å²) >= 11 is 5.92. The second-order valence-corrected chi connectivity index (χ2v) is 9.08. The molecule has 0 aliphatic heterocycles. The van der Waals surface area contributed by atoms with Crippen molar-refractivity contribution in [3.8, 4) is 5.75 Å². The number of amides is 1. The lowest BCUT2D eigenvalue weighted by Crippen LogP contribution is -2.21. The molecule has 0 bridgehead atoms. The van der Waals surface area contributed by atoms with Gasteiger partial charge >= 0.3 is 5.97 Å². The van der Waals surface area contributed by atoms with Gasteiger partial charge in [0, 0.05) is 10.7 Å². The Balaban J connectivity index is 1.59.